The number of esters is 1. The highest BCUT2D eigenvalue weighted by atomic mass is 19.4. The van der Waals surface area contributed by atoms with E-state index in [1.165, 1.54) is 19.9 Å². The number of hydrogen-bond acceptors (Lipinski definition) is 3. The van der Waals surface area contributed by atoms with Gasteiger partial charge < -0.3 is 9.84 Å². The molecular weight excluding hydrogens is 342 g/mol. The van der Waals surface area contributed by atoms with Crippen LogP contribution in [-0.4, -0.2) is 34.6 Å². The molecule has 0 aromatic heterocycles. The van der Waals surface area contributed by atoms with Gasteiger partial charge in [-0.05, 0) is 41.0 Å². The number of allylic oxidation sites excluding steroid dienone is 1. The maximum atomic E-state index is 13.0. The quantitative estimate of drug-likeness (QED) is 0.442. The Bertz CT molecular complexity index is 486. The lowest BCUT2D eigenvalue weighted by Crippen LogP contribution is -2.70. The summed E-state index contributed by atoms with van der Waals surface area (Å²) in [6, 6.07) is 0. The van der Waals surface area contributed by atoms with Crippen LogP contribution < -0.4 is 0 Å². The summed E-state index contributed by atoms with van der Waals surface area (Å²) in [6.45, 7) is 6.86. The Morgan fingerprint density at radius 2 is 1.38 bits per heavy atom. The van der Waals surface area contributed by atoms with Gasteiger partial charge in [0.15, 0.2) is 5.60 Å². The summed E-state index contributed by atoms with van der Waals surface area (Å²) in [4.78, 5) is 12.2. The lowest BCUT2D eigenvalue weighted by molar-refractivity contribution is -0.407. The zero-order valence-electron chi connectivity index (χ0n) is 14.3. The van der Waals surface area contributed by atoms with Gasteiger partial charge in [-0.3, -0.25) is 4.79 Å². The number of hydrogen-bond donors (Lipinski definition) is 1. The molecule has 1 unspecified atom stereocenters. The molecule has 9 heteroatoms. The van der Waals surface area contributed by atoms with Crippen LogP contribution in [0.3, 0.4) is 0 Å². The van der Waals surface area contributed by atoms with E-state index in [-0.39, 0.29) is 6.42 Å². The van der Waals surface area contributed by atoms with Gasteiger partial charge in [0.25, 0.3) is 5.60 Å². The smallest absolute Gasteiger partial charge is 0.430 e. The molecule has 0 bridgehead atoms. The second kappa shape index (κ2) is 6.57. The topological polar surface area (TPSA) is 46.5 Å². The van der Waals surface area contributed by atoms with Gasteiger partial charge >= 0.3 is 18.3 Å². The molecule has 0 aliphatic carbocycles. The average Bonchev–Trinajstić information content (AvgIpc) is 2.33. The minimum absolute atomic E-state index is 0.0869. The number of halogens is 6. The maximum Gasteiger partial charge on any atom is 0.430 e. The molecule has 0 aromatic rings. The van der Waals surface area contributed by atoms with Crippen molar-refractivity contribution in [3.8, 4) is 0 Å². The lowest BCUT2D eigenvalue weighted by atomic mass is 9.82. The molecule has 1 atom stereocenters. The zero-order valence-corrected chi connectivity index (χ0v) is 14.3. The Balaban J connectivity index is 5.99. The van der Waals surface area contributed by atoms with E-state index in [0.717, 1.165) is 0 Å². The van der Waals surface area contributed by atoms with E-state index in [4.69, 9.17) is 0 Å². The molecule has 0 amide bonds. The van der Waals surface area contributed by atoms with E-state index in [2.05, 4.69) is 4.74 Å². The van der Waals surface area contributed by atoms with Crippen molar-refractivity contribution in [2.75, 3.05) is 0 Å². The molecule has 0 aliphatic rings. The molecule has 3 nitrogen and oxygen atoms in total. The molecule has 0 spiro atoms. The molecule has 142 valence electrons. The number of aliphatic hydroxyl groups is 1. The van der Waals surface area contributed by atoms with Crippen molar-refractivity contribution >= 4 is 5.97 Å². The van der Waals surface area contributed by atoms with Crippen molar-refractivity contribution in [2.24, 2.45) is 5.41 Å². The van der Waals surface area contributed by atoms with Gasteiger partial charge in [0, 0.05) is 0 Å². The summed E-state index contributed by atoms with van der Waals surface area (Å²) in [7, 11) is 0. The van der Waals surface area contributed by atoms with Crippen LogP contribution in [0.15, 0.2) is 11.6 Å². The first-order valence-electron chi connectivity index (χ1n) is 7.11. The van der Waals surface area contributed by atoms with Crippen LogP contribution in [0.1, 0.15) is 48.0 Å². The van der Waals surface area contributed by atoms with Crippen LogP contribution >= 0.6 is 0 Å². The number of carbonyl (C=O) groups is 1. The first-order chi connectivity index (χ1) is 10.4. The molecule has 24 heavy (non-hydrogen) atoms. The summed E-state index contributed by atoms with van der Waals surface area (Å²) in [5.74, 6) is -1.29. The highest BCUT2D eigenvalue weighted by Crippen LogP contribution is 2.51. The van der Waals surface area contributed by atoms with Gasteiger partial charge in [-0.15, -0.1) is 0 Å². The number of carbonyl (C=O) groups excluding carboxylic acids is 1. The van der Waals surface area contributed by atoms with E-state index >= 15 is 0 Å². The van der Waals surface area contributed by atoms with Crippen molar-refractivity contribution in [2.45, 2.75) is 71.5 Å². The third-order valence-corrected chi connectivity index (χ3v) is 3.85. The standard InChI is InChI=1S/C15H22F6O3/c1-7-12(6,8-9(2)3)10(22)24-11(4,5)13(23,14(16,17)18)15(19,20)21/h8,23H,7H2,1-6H3. The molecule has 0 aromatic carbocycles. The van der Waals surface area contributed by atoms with Gasteiger partial charge in [-0.1, -0.05) is 18.6 Å². The van der Waals surface area contributed by atoms with Crippen molar-refractivity contribution in [1.29, 1.82) is 0 Å². The van der Waals surface area contributed by atoms with E-state index in [0.29, 0.717) is 19.4 Å². The minimum Gasteiger partial charge on any atom is -0.455 e. The molecule has 0 fully saturated rings. The van der Waals surface area contributed by atoms with Crippen LogP contribution in [0, 0.1) is 5.41 Å². The first kappa shape index (κ1) is 22.8. The zero-order chi connectivity index (χ0) is 19.8. The predicted molar refractivity (Wildman–Crippen MR) is 75.1 cm³/mol. The van der Waals surface area contributed by atoms with Crippen molar-refractivity contribution < 1.29 is 41.0 Å². The maximum absolute atomic E-state index is 13.0. The third kappa shape index (κ3) is 4.04. The fraction of sp³-hybridized carbons (Fsp3) is 0.800. The van der Waals surface area contributed by atoms with Gasteiger partial charge in [-0.2, -0.15) is 26.3 Å². The number of rotatable bonds is 5. The van der Waals surface area contributed by atoms with Crippen molar-refractivity contribution in [3.05, 3.63) is 11.6 Å². The largest absolute Gasteiger partial charge is 0.455 e. The van der Waals surface area contributed by atoms with E-state index in [1.807, 2.05) is 0 Å². The van der Waals surface area contributed by atoms with Crippen LogP contribution in [0.2, 0.25) is 0 Å². The lowest BCUT2D eigenvalue weighted by Gasteiger charge is -2.44. The van der Waals surface area contributed by atoms with E-state index in [9.17, 15) is 36.2 Å². The Kier molecular flexibility index (Phi) is 6.23. The average molecular weight is 364 g/mol. The van der Waals surface area contributed by atoms with Crippen molar-refractivity contribution in [1.82, 2.24) is 0 Å². The summed E-state index contributed by atoms with van der Waals surface area (Å²) >= 11 is 0. The normalized spacial score (nSPS) is 16.4. The van der Waals surface area contributed by atoms with E-state index < -0.39 is 34.9 Å². The second-order valence-corrected chi connectivity index (χ2v) is 6.60. The Hall–Kier alpha value is -1.25. The molecule has 1 N–H and O–H groups in total. The van der Waals surface area contributed by atoms with Crippen LogP contribution in [0.25, 0.3) is 0 Å². The van der Waals surface area contributed by atoms with Crippen LogP contribution in [-0.2, 0) is 9.53 Å². The molecule has 0 heterocycles. The fourth-order valence-corrected chi connectivity index (χ4v) is 2.21. The SMILES string of the molecule is CCC(C)(C=C(C)C)C(=O)OC(C)(C)C(O)(C(F)(F)F)C(F)(F)F. The van der Waals surface area contributed by atoms with Gasteiger partial charge in [-0.25, -0.2) is 0 Å². The minimum atomic E-state index is -6.09. The van der Waals surface area contributed by atoms with Gasteiger partial charge in [0.2, 0.25) is 0 Å². The Labute approximate surface area is 136 Å². The monoisotopic (exact) mass is 364 g/mol. The van der Waals surface area contributed by atoms with Crippen molar-refractivity contribution in [3.63, 3.8) is 0 Å². The molecule has 0 aliphatic heterocycles. The van der Waals surface area contributed by atoms with E-state index in [1.54, 1.807) is 13.8 Å². The molecular formula is C15H22F6O3. The number of alkyl halides is 6. The Morgan fingerprint density at radius 1 is 1.00 bits per heavy atom. The van der Waals surface area contributed by atoms with Crippen LogP contribution in [0.5, 0.6) is 0 Å². The van der Waals surface area contributed by atoms with Gasteiger partial charge in [0.05, 0.1) is 5.41 Å². The summed E-state index contributed by atoms with van der Waals surface area (Å²) in [5, 5.41) is 9.44. The predicted octanol–water partition coefficient (Wildman–Crippen LogP) is 4.55. The summed E-state index contributed by atoms with van der Waals surface area (Å²) in [5.41, 5.74) is -9.28. The highest BCUT2D eigenvalue weighted by molar-refractivity contribution is 5.79. The highest BCUT2D eigenvalue weighted by Gasteiger charge is 2.78. The molecule has 0 saturated carbocycles. The Morgan fingerprint density at radius 3 is 1.62 bits per heavy atom. The summed E-state index contributed by atoms with van der Waals surface area (Å²) < 4.78 is 82.3. The second-order valence-electron chi connectivity index (χ2n) is 6.60. The fourth-order valence-electron chi connectivity index (χ4n) is 2.21. The van der Waals surface area contributed by atoms with Gasteiger partial charge in [0.1, 0.15) is 0 Å². The molecule has 0 radical (unpaired) electrons. The molecule has 0 rings (SSSR count). The molecule has 0 saturated heterocycles. The first-order valence-corrected chi connectivity index (χ1v) is 7.11. The number of ether oxygens (including phenoxy) is 1. The summed E-state index contributed by atoms with van der Waals surface area (Å²) in [6.07, 6.45) is -10.7. The van der Waals surface area contributed by atoms with Crippen LogP contribution in [0.4, 0.5) is 26.3 Å². The third-order valence-electron chi connectivity index (χ3n) is 3.85.